The summed E-state index contributed by atoms with van der Waals surface area (Å²) in [5.41, 5.74) is 12.8. The molecule has 4 aromatic heterocycles. The molecule has 0 atom stereocenters. The van der Waals surface area contributed by atoms with Crippen LogP contribution in [-0.4, -0.2) is 15.0 Å². The van der Waals surface area contributed by atoms with Crippen LogP contribution in [0.15, 0.2) is 197 Å². The number of aromatic nitrogens is 3. The normalized spacial score (nSPS) is 11.8. The van der Waals surface area contributed by atoms with E-state index in [4.69, 9.17) is 23.8 Å². The van der Waals surface area contributed by atoms with Gasteiger partial charge in [0, 0.05) is 60.0 Å². The first-order chi connectivity index (χ1) is 28.7. The Morgan fingerprint density at radius 2 is 0.914 bits per heavy atom. The highest BCUT2D eigenvalue weighted by molar-refractivity contribution is 6.30. The van der Waals surface area contributed by atoms with Gasteiger partial charge in [-0.05, 0) is 59.7 Å². The molecular formula is C53H31N3O2. The summed E-state index contributed by atoms with van der Waals surface area (Å²) in [6.07, 6.45) is 0. The molecule has 0 amide bonds. The lowest BCUT2D eigenvalue weighted by atomic mass is 9.92. The second kappa shape index (κ2) is 12.8. The van der Waals surface area contributed by atoms with Gasteiger partial charge in [-0.1, -0.05) is 140 Å². The fraction of sp³-hybridized carbons (Fsp3) is 0. The maximum absolute atomic E-state index is 6.90. The average molecular weight is 742 g/mol. The van der Waals surface area contributed by atoms with Crippen molar-refractivity contribution >= 4 is 65.6 Å². The molecule has 0 fully saturated rings. The van der Waals surface area contributed by atoms with Crippen molar-refractivity contribution in [2.45, 2.75) is 0 Å². The van der Waals surface area contributed by atoms with E-state index in [1.165, 1.54) is 5.56 Å². The Morgan fingerprint density at radius 3 is 1.71 bits per heavy atom. The highest BCUT2D eigenvalue weighted by Gasteiger charge is 2.23. The van der Waals surface area contributed by atoms with Gasteiger partial charge >= 0.3 is 0 Å². The first-order valence-corrected chi connectivity index (χ1v) is 19.4. The van der Waals surface area contributed by atoms with Gasteiger partial charge in [-0.2, -0.15) is 0 Å². The topological polar surface area (TPSA) is 65.0 Å². The van der Waals surface area contributed by atoms with Gasteiger partial charge < -0.3 is 8.83 Å². The Labute approximate surface area is 332 Å². The summed E-state index contributed by atoms with van der Waals surface area (Å²) in [5.74, 6) is 0.638. The van der Waals surface area contributed by atoms with Crippen molar-refractivity contribution in [3.8, 4) is 56.3 Å². The summed E-state index contributed by atoms with van der Waals surface area (Å²) in [6, 6.07) is 64.8. The molecule has 0 bridgehead atoms. The predicted molar refractivity (Wildman–Crippen MR) is 237 cm³/mol. The molecule has 0 aliphatic heterocycles. The zero-order valence-corrected chi connectivity index (χ0v) is 31.1. The van der Waals surface area contributed by atoms with Crippen LogP contribution < -0.4 is 0 Å². The number of nitrogens with zero attached hydrogens (tertiary/aromatic N) is 3. The van der Waals surface area contributed by atoms with Gasteiger partial charge in [0.15, 0.2) is 5.82 Å². The molecule has 0 spiro atoms. The molecular weight excluding hydrogens is 711 g/mol. The Hall–Kier alpha value is -7.89. The molecule has 8 aromatic carbocycles. The molecule has 0 aliphatic carbocycles. The fourth-order valence-corrected chi connectivity index (χ4v) is 8.53. The van der Waals surface area contributed by atoms with Crippen molar-refractivity contribution in [2.75, 3.05) is 0 Å². The molecule has 12 rings (SSSR count). The van der Waals surface area contributed by atoms with E-state index in [-0.39, 0.29) is 0 Å². The lowest BCUT2D eigenvalue weighted by molar-refractivity contribution is 0.669. The molecule has 4 heterocycles. The quantitative estimate of drug-likeness (QED) is 0.164. The van der Waals surface area contributed by atoms with Crippen molar-refractivity contribution in [3.05, 3.63) is 188 Å². The third-order valence-corrected chi connectivity index (χ3v) is 11.3. The standard InChI is InChI=1S/C53H31N3O2/c1-3-13-32(14-4-1)33-23-25-34(26-24-33)44-31-45(56-53(55-44)35-15-5-2-6-16-35)41-30-42-49(50-39-19-9-12-22-47(39)58-52(41)50)38-18-7-10-20-43(38)54-51(42)36-27-28-48-40(29-36)37-17-8-11-21-46(37)57-48/h1-31H. The molecule has 0 saturated carbocycles. The number of fused-ring (bicyclic) bond motifs is 10. The van der Waals surface area contributed by atoms with Crippen LogP contribution in [0.25, 0.3) is 122 Å². The van der Waals surface area contributed by atoms with E-state index >= 15 is 0 Å². The average Bonchev–Trinajstić information content (AvgIpc) is 3.88. The molecule has 12 aromatic rings. The van der Waals surface area contributed by atoms with Crippen LogP contribution in [-0.2, 0) is 0 Å². The van der Waals surface area contributed by atoms with E-state index in [2.05, 4.69) is 140 Å². The monoisotopic (exact) mass is 741 g/mol. The molecule has 270 valence electrons. The van der Waals surface area contributed by atoms with Gasteiger partial charge in [-0.15, -0.1) is 0 Å². The van der Waals surface area contributed by atoms with Gasteiger partial charge in [0.2, 0.25) is 0 Å². The van der Waals surface area contributed by atoms with Crippen LogP contribution in [0, 0.1) is 0 Å². The van der Waals surface area contributed by atoms with Crippen LogP contribution in [0.2, 0.25) is 0 Å². The van der Waals surface area contributed by atoms with E-state index < -0.39 is 0 Å². The SMILES string of the molecule is c1ccc(-c2ccc(-c3cc(-c4cc5c(-c6ccc7oc8ccccc8c7c6)nc6ccccc6c5c5c4oc4ccccc45)nc(-c4ccccc4)n3)cc2)cc1. The third kappa shape index (κ3) is 5.14. The summed E-state index contributed by atoms with van der Waals surface area (Å²) in [4.78, 5) is 15.9. The molecule has 0 saturated heterocycles. The van der Waals surface area contributed by atoms with Crippen molar-refractivity contribution < 1.29 is 8.83 Å². The lowest BCUT2D eigenvalue weighted by Gasteiger charge is -2.15. The highest BCUT2D eigenvalue weighted by atomic mass is 16.3. The number of para-hydroxylation sites is 3. The summed E-state index contributed by atoms with van der Waals surface area (Å²) in [6.45, 7) is 0. The largest absolute Gasteiger partial charge is 0.456 e. The zero-order chi connectivity index (χ0) is 38.2. The van der Waals surface area contributed by atoms with E-state index in [1.54, 1.807) is 0 Å². The van der Waals surface area contributed by atoms with E-state index in [0.717, 1.165) is 110 Å². The lowest BCUT2D eigenvalue weighted by Crippen LogP contribution is -1.97. The minimum absolute atomic E-state index is 0.638. The molecule has 0 aliphatic rings. The molecule has 0 N–H and O–H groups in total. The number of rotatable bonds is 5. The van der Waals surface area contributed by atoms with E-state index in [1.807, 2.05) is 48.5 Å². The first-order valence-electron chi connectivity index (χ1n) is 19.4. The predicted octanol–water partition coefficient (Wildman–Crippen LogP) is 14.3. The Bertz CT molecular complexity index is 3550. The minimum Gasteiger partial charge on any atom is -0.456 e. The molecule has 5 nitrogen and oxygen atoms in total. The second-order valence-electron chi connectivity index (χ2n) is 14.7. The molecule has 5 heteroatoms. The van der Waals surface area contributed by atoms with Crippen molar-refractivity contribution in [2.24, 2.45) is 0 Å². The Morgan fingerprint density at radius 1 is 0.328 bits per heavy atom. The Balaban J connectivity index is 1.17. The van der Waals surface area contributed by atoms with E-state index in [0.29, 0.717) is 5.82 Å². The molecule has 0 unspecified atom stereocenters. The number of benzene rings is 8. The van der Waals surface area contributed by atoms with E-state index in [9.17, 15) is 0 Å². The van der Waals surface area contributed by atoms with Gasteiger partial charge in [-0.25, -0.2) is 15.0 Å². The van der Waals surface area contributed by atoms with Crippen LogP contribution in [0.1, 0.15) is 0 Å². The molecule has 58 heavy (non-hydrogen) atoms. The minimum atomic E-state index is 0.638. The Kier molecular flexibility index (Phi) is 7.16. The van der Waals surface area contributed by atoms with Crippen LogP contribution in [0.3, 0.4) is 0 Å². The van der Waals surface area contributed by atoms with Gasteiger partial charge in [0.1, 0.15) is 22.3 Å². The fourth-order valence-electron chi connectivity index (χ4n) is 8.53. The van der Waals surface area contributed by atoms with Crippen LogP contribution in [0.4, 0.5) is 0 Å². The van der Waals surface area contributed by atoms with Crippen molar-refractivity contribution in [3.63, 3.8) is 0 Å². The van der Waals surface area contributed by atoms with Crippen LogP contribution in [0.5, 0.6) is 0 Å². The number of hydrogen-bond donors (Lipinski definition) is 0. The number of furan rings is 2. The summed E-state index contributed by atoms with van der Waals surface area (Å²) in [7, 11) is 0. The second-order valence-corrected chi connectivity index (χ2v) is 14.7. The van der Waals surface area contributed by atoms with Crippen LogP contribution >= 0.6 is 0 Å². The zero-order valence-electron chi connectivity index (χ0n) is 31.1. The van der Waals surface area contributed by atoms with Gasteiger partial charge in [-0.3, -0.25) is 0 Å². The maximum Gasteiger partial charge on any atom is 0.160 e. The van der Waals surface area contributed by atoms with Gasteiger partial charge in [0.25, 0.3) is 0 Å². The van der Waals surface area contributed by atoms with Crippen molar-refractivity contribution in [1.29, 1.82) is 0 Å². The third-order valence-electron chi connectivity index (χ3n) is 11.3. The number of pyridine rings is 1. The number of hydrogen-bond acceptors (Lipinski definition) is 5. The smallest absolute Gasteiger partial charge is 0.160 e. The highest BCUT2D eigenvalue weighted by Crippen LogP contribution is 2.46. The summed E-state index contributed by atoms with van der Waals surface area (Å²) >= 11 is 0. The molecule has 0 radical (unpaired) electrons. The van der Waals surface area contributed by atoms with Crippen molar-refractivity contribution in [1.82, 2.24) is 15.0 Å². The maximum atomic E-state index is 6.90. The van der Waals surface area contributed by atoms with Gasteiger partial charge in [0.05, 0.1) is 22.6 Å². The summed E-state index contributed by atoms with van der Waals surface area (Å²) < 4.78 is 13.1. The summed E-state index contributed by atoms with van der Waals surface area (Å²) in [5, 5.41) is 7.36. The first kappa shape index (κ1) is 32.4.